The Bertz CT molecular complexity index is 771. The van der Waals surface area contributed by atoms with Crippen LogP contribution in [-0.2, 0) is 4.79 Å². The molecule has 0 unspecified atom stereocenters. The Kier molecular flexibility index (Phi) is 10.3. The highest BCUT2D eigenvalue weighted by atomic mass is 35.5. The number of quaternary nitrogens is 1. The van der Waals surface area contributed by atoms with Gasteiger partial charge in [0, 0.05) is 16.1 Å². The van der Waals surface area contributed by atoms with Gasteiger partial charge in [-0.25, -0.2) is 0 Å². The minimum atomic E-state index is -1.44. The number of carboxylic acid groups (broad SMARTS) is 1. The molecule has 7 nitrogen and oxygen atoms in total. The standard InChI is InChI=1S/C17H15ClO4.C4H11NO2/c1-17(2,16(20)21)22-14-9-5-12(6-10-14)15(19)11-3-7-13(18)8-4-11;6-3-1-5-2-4-7/h3-10H,1-2H3,(H,20,21);5-7H,1-4H2. The zero-order valence-corrected chi connectivity index (χ0v) is 17.2. The number of carbonyl (C=O) groups excluding carboxylic acids is 2. The van der Waals surface area contributed by atoms with Crippen molar-refractivity contribution in [2.24, 2.45) is 0 Å². The molecule has 2 rings (SSSR count). The highest BCUT2D eigenvalue weighted by Gasteiger charge is 2.21. The van der Waals surface area contributed by atoms with E-state index >= 15 is 0 Å². The predicted molar refractivity (Wildman–Crippen MR) is 107 cm³/mol. The SMILES string of the molecule is CC(C)(Oc1ccc(C(=O)c2ccc(Cl)cc2)cc1)C(=O)[O-].OCC[NH2+]CCO. The molecular formula is C21H26ClNO6. The Balaban J connectivity index is 0.000000516. The Morgan fingerprint density at radius 2 is 1.41 bits per heavy atom. The van der Waals surface area contributed by atoms with E-state index < -0.39 is 11.6 Å². The van der Waals surface area contributed by atoms with E-state index in [9.17, 15) is 14.7 Å². The highest BCUT2D eigenvalue weighted by Crippen LogP contribution is 2.20. The zero-order valence-electron chi connectivity index (χ0n) is 16.4. The van der Waals surface area contributed by atoms with Crippen molar-refractivity contribution in [2.45, 2.75) is 19.4 Å². The minimum absolute atomic E-state index is 0.151. The van der Waals surface area contributed by atoms with E-state index in [2.05, 4.69) is 0 Å². The average molecular weight is 424 g/mol. The van der Waals surface area contributed by atoms with Crippen molar-refractivity contribution in [3.63, 3.8) is 0 Å². The first kappa shape index (κ1) is 24.6. The Labute approximate surface area is 174 Å². The molecule has 2 aromatic rings. The first-order valence-electron chi connectivity index (χ1n) is 9.05. The number of aliphatic hydroxyl groups is 2. The van der Waals surface area contributed by atoms with Crippen LogP contribution in [0.5, 0.6) is 5.75 Å². The number of ketones is 1. The fraction of sp³-hybridized carbons (Fsp3) is 0.333. The van der Waals surface area contributed by atoms with E-state index in [1.165, 1.54) is 13.8 Å². The molecule has 4 N–H and O–H groups in total. The van der Waals surface area contributed by atoms with Gasteiger partial charge in [0.2, 0.25) is 0 Å². The summed E-state index contributed by atoms with van der Waals surface area (Å²) in [6.07, 6.45) is 0. The summed E-state index contributed by atoms with van der Waals surface area (Å²) in [5.74, 6) is -1.11. The van der Waals surface area contributed by atoms with Crippen molar-refractivity contribution in [1.82, 2.24) is 0 Å². The van der Waals surface area contributed by atoms with Crippen LogP contribution in [0, 0.1) is 0 Å². The number of halogens is 1. The van der Waals surface area contributed by atoms with Crippen molar-refractivity contribution < 1.29 is 35.0 Å². The van der Waals surface area contributed by atoms with Gasteiger partial charge in [0.15, 0.2) is 5.78 Å². The molecule has 158 valence electrons. The van der Waals surface area contributed by atoms with Crippen LogP contribution in [0.4, 0.5) is 0 Å². The molecule has 0 aromatic heterocycles. The minimum Gasteiger partial charge on any atom is -0.546 e. The number of hydrogen-bond acceptors (Lipinski definition) is 6. The molecule has 0 heterocycles. The predicted octanol–water partition coefficient (Wildman–Crippen LogP) is 0.0127. The fourth-order valence-corrected chi connectivity index (χ4v) is 2.23. The van der Waals surface area contributed by atoms with Crippen molar-refractivity contribution >= 4 is 23.4 Å². The second-order valence-corrected chi connectivity index (χ2v) is 7.01. The molecule has 0 fully saturated rings. The van der Waals surface area contributed by atoms with Crippen LogP contribution in [0.1, 0.15) is 29.8 Å². The van der Waals surface area contributed by atoms with Gasteiger partial charge in [-0.15, -0.1) is 0 Å². The van der Waals surface area contributed by atoms with Crippen LogP contribution in [0.2, 0.25) is 5.02 Å². The fourth-order valence-electron chi connectivity index (χ4n) is 2.11. The molecule has 0 bridgehead atoms. The topological polar surface area (TPSA) is 124 Å². The molecule has 0 spiro atoms. The maximum atomic E-state index is 12.3. The summed E-state index contributed by atoms with van der Waals surface area (Å²) in [7, 11) is 0. The first-order valence-corrected chi connectivity index (χ1v) is 9.43. The molecular weight excluding hydrogens is 398 g/mol. The summed E-state index contributed by atoms with van der Waals surface area (Å²) in [5, 5.41) is 29.7. The van der Waals surface area contributed by atoms with Crippen LogP contribution in [0.15, 0.2) is 48.5 Å². The van der Waals surface area contributed by atoms with Gasteiger partial charge >= 0.3 is 0 Å². The lowest BCUT2D eigenvalue weighted by Gasteiger charge is -2.27. The van der Waals surface area contributed by atoms with E-state index in [4.69, 9.17) is 26.6 Å². The summed E-state index contributed by atoms with van der Waals surface area (Å²) in [6, 6.07) is 12.9. The summed E-state index contributed by atoms with van der Waals surface area (Å²) in [4.78, 5) is 23.2. The highest BCUT2D eigenvalue weighted by molar-refractivity contribution is 6.30. The van der Waals surface area contributed by atoms with E-state index in [0.29, 0.717) is 35.0 Å². The number of nitrogens with two attached hydrogens (primary N) is 1. The van der Waals surface area contributed by atoms with Crippen LogP contribution in [-0.4, -0.2) is 53.9 Å². The number of benzene rings is 2. The number of aliphatic carboxylic acids is 1. The van der Waals surface area contributed by atoms with Crippen LogP contribution >= 0.6 is 11.6 Å². The van der Waals surface area contributed by atoms with Crippen LogP contribution in [0.25, 0.3) is 0 Å². The first-order chi connectivity index (χ1) is 13.7. The van der Waals surface area contributed by atoms with Gasteiger partial charge in [0.25, 0.3) is 0 Å². The number of ether oxygens (including phenoxy) is 1. The van der Waals surface area contributed by atoms with Crippen molar-refractivity contribution in [3.8, 4) is 5.75 Å². The van der Waals surface area contributed by atoms with Gasteiger partial charge in [0.1, 0.15) is 11.4 Å². The van der Waals surface area contributed by atoms with Gasteiger partial charge in [-0.1, -0.05) is 11.6 Å². The van der Waals surface area contributed by atoms with E-state index in [0.717, 1.165) is 0 Å². The smallest absolute Gasteiger partial charge is 0.193 e. The maximum Gasteiger partial charge on any atom is 0.193 e. The average Bonchev–Trinajstić information content (AvgIpc) is 2.69. The third-order valence-electron chi connectivity index (χ3n) is 3.75. The van der Waals surface area contributed by atoms with E-state index in [1.807, 2.05) is 5.32 Å². The van der Waals surface area contributed by atoms with E-state index in [1.54, 1.807) is 48.5 Å². The summed E-state index contributed by atoms with van der Waals surface area (Å²) in [6.45, 7) is 4.57. The largest absolute Gasteiger partial charge is 0.546 e. The molecule has 0 atom stereocenters. The summed E-state index contributed by atoms with van der Waals surface area (Å²) in [5.41, 5.74) is -0.448. The monoisotopic (exact) mass is 423 g/mol. The van der Waals surface area contributed by atoms with Crippen molar-refractivity contribution in [1.29, 1.82) is 0 Å². The molecule has 0 amide bonds. The number of aliphatic hydroxyl groups excluding tert-OH is 2. The molecule has 0 saturated carbocycles. The van der Waals surface area contributed by atoms with Gasteiger partial charge in [0.05, 0.1) is 32.3 Å². The quantitative estimate of drug-likeness (QED) is 0.385. The molecule has 8 heteroatoms. The zero-order chi connectivity index (χ0) is 21.9. The van der Waals surface area contributed by atoms with Crippen molar-refractivity contribution in [2.75, 3.05) is 26.3 Å². The molecule has 0 radical (unpaired) electrons. The van der Waals surface area contributed by atoms with Gasteiger partial charge in [-0.2, -0.15) is 0 Å². The Morgan fingerprint density at radius 1 is 0.966 bits per heavy atom. The van der Waals surface area contributed by atoms with E-state index in [-0.39, 0.29) is 19.0 Å². The number of carbonyl (C=O) groups is 2. The summed E-state index contributed by atoms with van der Waals surface area (Å²) >= 11 is 5.79. The summed E-state index contributed by atoms with van der Waals surface area (Å²) < 4.78 is 5.33. The number of hydrogen-bond donors (Lipinski definition) is 3. The molecule has 2 aromatic carbocycles. The normalized spacial score (nSPS) is 10.7. The second-order valence-electron chi connectivity index (χ2n) is 6.57. The molecule has 0 aliphatic rings. The Morgan fingerprint density at radius 3 is 1.83 bits per heavy atom. The molecule has 0 aliphatic carbocycles. The number of carboxylic acids is 1. The lowest BCUT2D eigenvalue weighted by molar-refractivity contribution is -0.657. The molecule has 29 heavy (non-hydrogen) atoms. The third kappa shape index (κ3) is 8.62. The van der Waals surface area contributed by atoms with Gasteiger partial charge in [-0.05, 0) is 62.4 Å². The van der Waals surface area contributed by atoms with Gasteiger partial charge in [-0.3, -0.25) is 4.79 Å². The Hall–Kier alpha value is -2.45. The maximum absolute atomic E-state index is 12.3. The van der Waals surface area contributed by atoms with Crippen LogP contribution in [0.3, 0.4) is 0 Å². The van der Waals surface area contributed by atoms with Gasteiger partial charge < -0.3 is 30.2 Å². The number of rotatable bonds is 9. The molecule has 0 saturated heterocycles. The second kappa shape index (κ2) is 12.2. The lowest BCUT2D eigenvalue weighted by Crippen LogP contribution is -2.85. The third-order valence-corrected chi connectivity index (χ3v) is 4.01. The lowest BCUT2D eigenvalue weighted by atomic mass is 10.0. The molecule has 0 aliphatic heterocycles. The van der Waals surface area contributed by atoms with Crippen LogP contribution < -0.4 is 15.2 Å². The van der Waals surface area contributed by atoms with Crippen molar-refractivity contribution in [3.05, 3.63) is 64.7 Å².